The van der Waals surface area contributed by atoms with Gasteiger partial charge in [0.2, 0.25) is 11.6 Å². The average molecular weight is 883 g/mol. The van der Waals surface area contributed by atoms with Gasteiger partial charge >= 0.3 is 0 Å². The first-order valence-corrected chi connectivity index (χ1v) is 21.0. The van der Waals surface area contributed by atoms with Gasteiger partial charge in [-0.1, -0.05) is 30.3 Å². The summed E-state index contributed by atoms with van der Waals surface area (Å²) < 4.78 is 94.9. The quantitative estimate of drug-likeness (QED) is 0.0410. The number of nitrogens with one attached hydrogen (secondary N) is 3. The largest absolute Gasteiger partial charge is 0.326 e. The van der Waals surface area contributed by atoms with E-state index in [1.54, 1.807) is 36.4 Å². The molecule has 0 saturated heterocycles. The minimum Gasteiger partial charge on any atom is -0.326 e. The van der Waals surface area contributed by atoms with E-state index in [0.717, 1.165) is 29.0 Å². The molecule has 7 aromatic rings. The maximum atomic E-state index is 12.3. The van der Waals surface area contributed by atoms with E-state index in [4.69, 9.17) is 9.33 Å². The summed E-state index contributed by atoms with van der Waals surface area (Å²) in [5.74, 6) is 0.548. The van der Waals surface area contributed by atoms with E-state index < -0.39 is 35.1 Å². The van der Waals surface area contributed by atoms with Gasteiger partial charge in [0.25, 0.3) is 20.2 Å². The van der Waals surface area contributed by atoms with Crippen LogP contribution < -0.4 is 10.9 Å². The van der Waals surface area contributed by atoms with Gasteiger partial charge in [-0.25, -0.2) is 14.0 Å². The Morgan fingerprint density at radius 2 is 1.15 bits per heavy atom. The van der Waals surface area contributed by atoms with Crippen molar-refractivity contribution in [3.63, 3.8) is 0 Å². The monoisotopic (exact) mass is 882 g/mol. The number of hydrogen-bond donors (Lipinski definition) is 6. The molecule has 6 aromatic carbocycles. The smallest absolute Gasteiger partial charge is 0.296 e. The number of aromatic amines is 1. The third kappa shape index (κ3) is 11.9. The van der Waals surface area contributed by atoms with Crippen LogP contribution in [0.4, 0.5) is 40.1 Å². The first kappa shape index (κ1) is 46.2. The van der Waals surface area contributed by atoms with E-state index in [1.165, 1.54) is 36.4 Å². The van der Waals surface area contributed by atoms with Crippen LogP contribution in [0, 0.1) is 4.78 Å². The Morgan fingerprint density at radius 3 is 1.82 bits per heavy atom. The number of H-pyrrole nitrogens is 1. The fraction of sp³-hybridized carbons (Fsp3) is 0. The zero-order chi connectivity index (χ0) is 41.1. The van der Waals surface area contributed by atoms with Gasteiger partial charge in [-0.05, 0) is 114 Å². The molecule has 18 nitrogen and oxygen atoms in total. The molecule has 7 rings (SSSR count). The van der Waals surface area contributed by atoms with Gasteiger partial charge in [0.05, 0.1) is 32.5 Å². The molecule has 0 amide bonds. The fourth-order valence-electron chi connectivity index (χ4n) is 5.32. The molecular formula is C37H28N10Na2O8S3. The summed E-state index contributed by atoms with van der Waals surface area (Å²) in [7, 11) is -13.1. The van der Waals surface area contributed by atoms with Gasteiger partial charge in [-0.2, -0.15) is 42.1 Å². The van der Waals surface area contributed by atoms with Crippen molar-refractivity contribution >= 4 is 140 Å². The molecule has 1 atom stereocenters. The second kappa shape index (κ2) is 19.2. The van der Waals surface area contributed by atoms with Gasteiger partial charge in [0.15, 0.2) is 15.8 Å². The Bertz CT molecular complexity index is 3170. The molecular weight excluding hydrogens is 855 g/mol. The van der Waals surface area contributed by atoms with Crippen molar-refractivity contribution < 1.29 is 34.7 Å². The number of benzene rings is 6. The molecule has 0 spiro atoms. The van der Waals surface area contributed by atoms with Crippen LogP contribution in [0.5, 0.6) is 0 Å². The molecule has 294 valence electrons. The van der Waals surface area contributed by atoms with E-state index >= 15 is 0 Å². The summed E-state index contributed by atoms with van der Waals surface area (Å²) in [5, 5.41) is 20.9. The van der Waals surface area contributed by atoms with Gasteiger partial charge in [0.1, 0.15) is 10.6 Å². The van der Waals surface area contributed by atoms with Crippen LogP contribution in [-0.4, -0.2) is 109 Å². The van der Waals surface area contributed by atoms with Crippen LogP contribution in [0.1, 0.15) is 0 Å². The van der Waals surface area contributed by atoms with E-state index in [-0.39, 0.29) is 103 Å². The summed E-state index contributed by atoms with van der Waals surface area (Å²) >= 11 is 0. The summed E-state index contributed by atoms with van der Waals surface area (Å²) in [4.78, 5) is 15.8. The molecule has 1 heterocycles. The topological polar surface area (TPSA) is 285 Å². The molecule has 0 aliphatic heterocycles. The van der Waals surface area contributed by atoms with Crippen molar-refractivity contribution in [2.24, 2.45) is 25.4 Å². The summed E-state index contributed by atoms with van der Waals surface area (Å²) in [6, 6.07) is 34.2. The number of para-hydroxylation sites is 1. The Hall–Kier alpha value is -4.88. The summed E-state index contributed by atoms with van der Waals surface area (Å²) in [5.41, 5.74) is 2.48. The molecule has 60 heavy (non-hydrogen) atoms. The van der Waals surface area contributed by atoms with Crippen molar-refractivity contribution in [2.75, 3.05) is 5.32 Å². The van der Waals surface area contributed by atoms with Gasteiger partial charge in [0, 0.05) is 70.4 Å². The van der Waals surface area contributed by atoms with Crippen LogP contribution in [0.3, 0.4) is 0 Å². The maximum absolute atomic E-state index is 12.3. The average Bonchev–Trinajstić information content (AvgIpc) is 3.19. The van der Waals surface area contributed by atoms with E-state index in [1.807, 2.05) is 42.5 Å². The molecule has 0 aliphatic carbocycles. The molecule has 0 bridgehead atoms. The normalized spacial score (nSPS) is 13.2. The standard InChI is InChI=1S/C37H28N10O8S3.2Na/c38-56(48,49)31-15-8-23(9-16-31)35-41-36(39-26-4-2-1-3-5-26)43-37(42-35)40-28-10-6-25-21-29(11-7-24(25)20-28)46-47-33-19-14-30(22-34(33)58(53,54)55)45-44-27-12-17-32(18-13-27)57(50,51)52;;/h1-22H,(H2,38,48,49)(H,50,51,52)(H,53,54,55)(H2,39,40,41,42,43);;. The molecule has 1 unspecified atom stereocenters. The Labute approximate surface area is 387 Å². The van der Waals surface area contributed by atoms with E-state index in [0.29, 0.717) is 22.6 Å². The number of fused-ring (bicyclic) bond motifs is 1. The second-order valence-corrected chi connectivity index (χ2v) is 16.5. The maximum Gasteiger partial charge on any atom is 0.296 e. The minimum absolute atomic E-state index is 0. The zero-order valence-electron chi connectivity index (χ0n) is 31.4. The fourth-order valence-corrected chi connectivity index (χ4v) is 6.95. The molecule has 1 aromatic heterocycles. The summed E-state index contributed by atoms with van der Waals surface area (Å²) in [6.07, 6.45) is 0. The third-order valence-electron chi connectivity index (χ3n) is 8.08. The van der Waals surface area contributed by atoms with E-state index in [9.17, 15) is 30.1 Å². The van der Waals surface area contributed by atoms with Crippen LogP contribution >= 0.6 is 0 Å². The number of azo groups is 2. The number of aromatic nitrogens is 3. The zero-order valence-corrected chi connectivity index (χ0v) is 37.9. The van der Waals surface area contributed by atoms with Gasteiger partial charge < -0.3 is 5.32 Å². The molecule has 2 radical (unpaired) electrons. The Morgan fingerprint density at radius 1 is 0.567 bits per heavy atom. The molecule has 0 saturated carbocycles. The molecule has 0 fully saturated rings. The summed E-state index contributed by atoms with van der Waals surface area (Å²) in [6.45, 7) is 0. The van der Waals surface area contributed by atoms with Crippen molar-refractivity contribution in [3.05, 3.63) is 139 Å². The van der Waals surface area contributed by atoms with Crippen LogP contribution in [0.25, 0.3) is 22.2 Å². The third-order valence-corrected chi connectivity index (χ3v) is 10.7. The first-order valence-electron chi connectivity index (χ1n) is 16.6. The van der Waals surface area contributed by atoms with Crippen LogP contribution in [0.2, 0.25) is 0 Å². The van der Waals surface area contributed by atoms with Crippen molar-refractivity contribution in [1.29, 1.82) is 4.78 Å². The predicted octanol–water partition coefficient (Wildman–Crippen LogP) is 8.04. The predicted molar refractivity (Wildman–Crippen MR) is 225 cm³/mol. The van der Waals surface area contributed by atoms with Crippen molar-refractivity contribution in [3.8, 4) is 11.4 Å². The number of rotatable bonds is 11. The number of anilines is 2. The SMILES string of the molecule is N=S(=O)(O)c1ccc(-c2nc(Nc3ccc4cc(N=Nc5ccc(N=Nc6ccc(S(=O)(=O)O)cc6)cc5S(=O)(=O)O)ccc4c3)[nH]c(=Nc3ccccc3)n2)cc1.[Na].[Na]. The van der Waals surface area contributed by atoms with Crippen molar-refractivity contribution in [1.82, 2.24) is 15.0 Å². The van der Waals surface area contributed by atoms with Gasteiger partial charge in [-0.3, -0.25) is 18.6 Å². The number of nitrogens with zero attached hydrogens (tertiary/aromatic N) is 7. The van der Waals surface area contributed by atoms with Crippen molar-refractivity contribution in [2.45, 2.75) is 14.7 Å². The van der Waals surface area contributed by atoms with Crippen LogP contribution in [-0.2, 0) is 30.2 Å². The van der Waals surface area contributed by atoms with Gasteiger partial charge in [-0.15, -0.1) is 5.11 Å². The minimum atomic E-state index is -4.78. The molecule has 0 aliphatic rings. The Kier molecular flexibility index (Phi) is 14.8. The molecule has 23 heteroatoms. The number of hydrogen-bond acceptors (Lipinski definition) is 14. The second-order valence-electron chi connectivity index (χ2n) is 12.2. The molecule has 6 N–H and O–H groups in total. The first-order chi connectivity index (χ1) is 27.6. The van der Waals surface area contributed by atoms with Crippen LogP contribution in [0.15, 0.2) is 174 Å². The Balaban J connectivity index is 0.00000341. The van der Waals surface area contributed by atoms with E-state index in [2.05, 4.69) is 45.7 Å².